The van der Waals surface area contributed by atoms with Crippen LogP contribution in [0, 0.1) is 18.3 Å². The Morgan fingerprint density at radius 3 is 2.53 bits per heavy atom. The minimum absolute atomic E-state index is 0.0806. The van der Waals surface area contributed by atoms with Crippen LogP contribution in [0.25, 0.3) is 11.7 Å². The average molecular weight is 512 g/mol. The number of fused-ring (bicyclic) bond motifs is 1. The van der Waals surface area contributed by atoms with E-state index in [4.69, 9.17) is 27.9 Å². The van der Waals surface area contributed by atoms with Gasteiger partial charge in [-0.2, -0.15) is 10.2 Å². The molecule has 170 valence electrons. The zero-order valence-electron chi connectivity index (χ0n) is 17.6. The largest absolute Gasteiger partial charge is 0.437 e. The molecular formula is C24H15Cl2N3O4S. The van der Waals surface area contributed by atoms with Crippen LogP contribution in [-0.4, -0.2) is 17.8 Å². The van der Waals surface area contributed by atoms with Gasteiger partial charge < -0.3 is 4.74 Å². The molecule has 0 saturated heterocycles. The lowest BCUT2D eigenvalue weighted by molar-refractivity contribution is 0.461. The number of aromatic nitrogens is 2. The highest BCUT2D eigenvalue weighted by Gasteiger charge is 2.24. The molecule has 0 saturated carbocycles. The first-order chi connectivity index (χ1) is 16.2. The first kappa shape index (κ1) is 23.5. The summed E-state index contributed by atoms with van der Waals surface area (Å²) in [7, 11) is -4.21. The monoisotopic (exact) mass is 511 g/mol. The van der Waals surface area contributed by atoms with Crippen molar-refractivity contribution in [2.45, 2.75) is 11.8 Å². The van der Waals surface area contributed by atoms with Gasteiger partial charge in [-0.1, -0.05) is 47.0 Å². The molecule has 0 atom stereocenters. The number of nitrogens with zero attached hydrogens (tertiary/aromatic N) is 3. The molecule has 2 aromatic heterocycles. The molecular weight excluding hydrogens is 497 g/mol. The maximum absolute atomic E-state index is 13.3. The van der Waals surface area contributed by atoms with Crippen molar-refractivity contribution in [1.29, 1.82) is 5.26 Å². The molecule has 10 heteroatoms. The summed E-state index contributed by atoms with van der Waals surface area (Å²) in [6.07, 6.45) is 2.44. The molecule has 0 bridgehead atoms. The van der Waals surface area contributed by atoms with Gasteiger partial charge in [-0.05, 0) is 55.5 Å². The minimum atomic E-state index is -4.21. The van der Waals surface area contributed by atoms with Gasteiger partial charge >= 0.3 is 0 Å². The summed E-state index contributed by atoms with van der Waals surface area (Å²) < 4.78 is 33.3. The highest BCUT2D eigenvalue weighted by atomic mass is 35.5. The van der Waals surface area contributed by atoms with Gasteiger partial charge in [0.05, 0.1) is 9.92 Å². The number of allylic oxidation sites excluding steroid dienone is 1. The first-order valence-electron chi connectivity index (χ1n) is 9.78. The van der Waals surface area contributed by atoms with Crippen molar-refractivity contribution in [3.8, 4) is 17.7 Å². The third-order valence-corrected chi connectivity index (χ3v) is 7.05. The van der Waals surface area contributed by atoms with E-state index in [0.717, 1.165) is 11.6 Å². The molecule has 4 rings (SSSR count). The van der Waals surface area contributed by atoms with Crippen LogP contribution in [0.2, 0.25) is 10.0 Å². The molecule has 0 N–H and O–H groups in total. The lowest BCUT2D eigenvalue weighted by atomic mass is 10.2. The van der Waals surface area contributed by atoms with E-state index >= 15 is 0 Å². The Balaban J connectivity index is 1.94. The summed E-state index contributed by atoms with van der Waals surface area (Å²) in [5, 5.41) is 10.2. The van der Waals surface area contributed by atoms with E-state index in [1.807, 2.05) is 6.92 Å². The van der Waals surface area contributed by atoms with E-state index in [-0.39, 0.29) is 32.8 Å². The van der Waals surface area contributed by atoms with E-state index in [1.165, 1.54) is 40.9 Å². The zero-order chi connectivity index (χ0) is 24.5. The maximum Gasteiger partial charge on any atom is 0.269 e. The smallest absolute Gasteiger partial charge is 0.269 e. The van der Waals surface area contributed by atoms with Gasteiger partial charge in [0.25, 0.3) is 5.56 Å². The highest BCUT2D eigenvalue weighted by molar-refractivity contribution is 7.95. The van der Waals surface area contributed by atoms with Gasteiger partial charge in [-0.3, -0.25) is 9.20 Å². The minimum Gasteiger partial charge on any atom is -0.437 e. The van der Waals surface area contributed by atoms with E-state index in [1.54, 1.807) is 36.4 Å². The molecule has 0 spiro atoms. The molecule has 0 aliphatic heterocycles. The molecule has 2 aromatic carbocycles. The van der Waals surface area contributed by atoms with Crippen molar-refractivity contribution in [2.75, 3.05) is 0 Å². The fourth-order valence-corrected chi connectivity index (χ4v) is 4.68. The summed E-state index contributed by atoms with van der Waals surface area (Å²) >= 11 is 12.1. The summed E-state index contributed by atoms with van der Waals surface area (Å²) in [4.78, 5) is 16.9. The summed E-state index contributed by atoms with van der Waals surface area (Å²) in [6, 6.07) is 17.1. The SMILES string of the molecule is Cc1ccc(S(=O)(=O)/C(C#N)=C/c2c(Oc3ccc(Cl)cc3Cl)nc3ccccn3c2=O)cc1. The molecule has 2 heterocycles. The van der Waals surface area contributed by atoms with Crippen molar-refractivity contribution in [2.24, 2.45) is 0 Å². The Morgan fingerprint density at radius 2 is 1.85 bits per heavy atom. The summed E-state index contributed by atoms with van der Waals surface area (Å²) in [5.41, 5.74) is 0.248. The molecule has 4 aromatic rings. The number of halogens is 2. The van der Waals surface area contributed by atoms with Crippen LogP contribution >= 0.6 is 23.2 Å². The van der Waals surface area contributed by atoms with Crippen LogP contribution in [-0.2, 0) is 9.84 Å². The lowest BCUT2D eigenvalue weighted by Crippen LogP contribution is -2.19. The van der Waals surface area contributed by atoms with E-state index in [2.05, 4.69) is 4.98 Å². The molecule has 0 unspecified atom stereocenters. The van der Waals surface area contributed by atoms with E-state index < -0.39 is 20.3 Å². The normalized spacial score (nSPS) is 11.9. The number of rotatable bonds is 5. The quantitative estimate of drug-likeness (QED) is 0.330. The Labute approximate surface area is 205 Å². The van der Waals surface area contributed by atoms with Crippen molar-refractivity contribution in [1.82, 2.24) is 9.38 Å². The van der Waals surface area contributed by atoms with Crippen molar-refractivity contribution >= 4 is 44.8 Å². The molecule has 0 amide bonds. The second kappa shape index (κ2) is 9.31. The Kier molecular flexibility index (Phi) is 6.44. The second-order valence-electron chi connectivity index (χ2n) is 7.18. The summed E-state index contributed by atoms with van der Waals surface area (Å²) in [6.45, 7) is 1.81. The molecule has 7 nitrogen and oxygen atoms in total. The topological polar surface area (TPSA) is 102 Å². The lowest BCUT2D eigenvalue weighted by Gasteiger charge is -2.11. The van der Waals surface area contributed by atoms with Crippen LogP contribution < -0.4 is 10.3 Å². The van der Waals surface area contributed by atoms with Crippen LogP contribution in [0.4, 0.5) is 0 Å². The predicted octanol–water partition coefficient (Wildman–Crippen LogP) is 5.44. The van der Waals surface area contributed by atoms with Gasteiger partial charge in [0.1, 0.15) is 27.9 Å². The Morgan fingerprint density at radius 1 is 1.12 bits per heavy atom. The fraction of sp³-hybridized carbons (Fsp3) is 0.0417. The van der Waals surface area contributed by atoms with Crippen molar-refractivity contribution < 1.29 is 13.2 Å². The van der Waals surface area contributed by atoms with Gasteiger partial charge in [-0.15, -0.1) is 0 Å². The Hall–Kier alpha value is -3.64. The summed E-state index contributed by atoms with van der Waals surface area (Å²) in [5.74, 6) is -0.0694. The molecule has 0 aliphatic rings. The predicted molar refractivity (Wildman–Crippen MR) is 130 cm³/mol. The molecule has 34 heavy (non-hydrogen) atoms. The van der Waals surface area contributed by atoms with Crippen LogP contribution in [0.3, 0.4) is 0 Å². The first-order valence-corrected chi connectivity index (χ1v) is 12.0. The fourth-order valence-electron chi connectivity index (χ4n) is 3.09. The van der Waals surface area contributed by atoms with Crippen LogP contribution in [0.15, 0.2) is 81.5 Å². The number of pyridine rings is 1. The number of benzene rings is 2. The van der Waals surface area contributed by atoms with Gasteiger partial charge in [0.2, 0.25) is 15.7 Å². The number of hydrogen-bond donors (Lipinski definition) is 0. The van der Waals surface area contributed by atoms with Crippen LogP contribution in [0.5, 0.6) is 11.6 Å². The number of ether oxygens (including phenoxy) is 1. The third kappa shape index (κ3) is 4.54. The highest BCUT2D eigenvalue weighted by Crippen LogP contribution is 2.33. The maximum atomic E-state index is 13.3. The second-order valence-corrected chi connectivity index (χ2v) is 9.94. The van der Waals surface area contributed by atoms with Gasteiger partial charge in [-0.25, -0.2) is 8.42 Å². The number of aryl methyl sites for hydroxylation is 1. The molecule has 0 radical (unpaired) electrons. The number of nitriles is 1. The Bertz CT molecular complexity index is 1650. The van der Waals surface area contributed by atoms with Crippen molar-refractivity contribution in [3.63, 3.8) is 0 Å². The third-order valence-electron chi connectivity index (χ3n) is 4.84. The zero-order valence-corrected chi connectivity index (χ0v) is 19.9. The van der Waals surface area contributed by atoms with Gasteiger partial charge in [0, 0.05) is 11.2 Å². The van der Waals surface area contributed by atoms with E-state index in [0.29, 0.717) is 5.02 Å². The van der Waals surface area contributed by atoms with Crippen LogP contribution in [0.1, 0.15) is 11.1 Å². The average Bonchev–Trinajstić information content (AvgIpc) is 2.81. The molecule has 0 aliphatic carbocycles. The number of hydrogen-bond acceptors (Lipinski definition) is 6. The molecule has 0 fully saturated rings. The van der Waals surface area contributed by atoms with Crippen molar-refractivity contribution in [3.05, 3.63) is 103 Å². The number of sulfone groups is 1. The standard InChI is InChI=1S/C24H15Cl2N3O4S/c1-15-5-8-17(9-6-15)34(31,32)18(14-27)13-19-23(33-21-10-7-16(25)12-20(21)26)28-22-4-2-3-11-29(22)24(19)30/h2-13H,1H3/b18-13+. The van der Waals surface area contributed by atoms with Gasteiger partial charge in [0.15, 0.2) is 0 Å². The van der Waals surface area contributed by atoms with E-state index in [9.17, 15) is 18.5 Å².